The lowest BCUT2D eigenvalue weighted by atomic mass is 9.57. The molecule has 2 N–H and O–H groups in total. The highest BCUT2D eigenvalue weighted by molar-refractivity contribution is 5.80. The highest BCUT2D eigenvalue weighted by Gasteiger charge is 2.59. The minimum Gasteiger partial charge on any atom is -0.493 e. The summed E-state index contributed by atoms with van der Waals surface area (Å²) in [6, 6.07) is 8.82. The molecule has 1 saturated heterocycles. The van der Waals surface area contributed by atoms with Gasteiger partial charge in [-0.15, -0.1) is 0 Å². The van der Waals surface area contributed by atoms with Crippen molar-refractivity contribution in [2.75, 3.05) is 26.8 Å². The van der Waals surface area contributed by atoms with E-state index in [2.05, 4.69) is 67.6 Å². The van der Waals surface area contributed by atoms with E-state index in [1.807, 2.05) is 7.05 Å². The number of ether oxygens (including phenoxy) is 2. The van der Waals surface area contributed by atoms with Gasteiger partial charge in [0.15, 0.2) is 5.96 Å². The molecular weight excluding hydrogens is 338 g/mol. The summed E-state index contributed by atoms with van der Waals surface area (Å²) in [5, 5.41) is 7.08. The highest BCUT2D eigenvalue weighted by Crippen LogP contribution is 2.52. The van der Waals surface area contributed by atoms with Crippen LogP contribution in [0.25, 0.3) is 0 Å². The van der Waals surface area contributed by atoms with E-state index < -0.39 is 0 Å². The average Bonchev–Trinajstić information content (AvgIpc) is 3.11. The number of benzene rings is 1. The maximum atomic E-state index is 5.88. The second-order valence-corrected chi connectivity index (χ2v) is 8.79. The first-order chi connectivity index (χ1) is 12.9. The summed E-state index contributed by atoms with van der Waals surface area (Å²) < 4.78 is 11.6. The van der Waals surface area contributed by atoms with Gasteiger partial charge in [-0.1, -0.05) is 39.8 Å². The molecule has 2 fully saturated rings. The molecule has 1 aliphatic heterocycles. The average molecular weight is 374 g/mol. The third kappa shape index (κ3) is 4.57. The first kappa shape index (κ1) is 20.0. The number of fused-ring (bicyclic) bond motifs is 1. The topological polar surface area (TPSA) is 54.9 Å². The molecule has 3 atom stereocenters. The van der Waals surface area contributed by atoms with Gasteiger partial charge < -0.3 is 20.1 Å². The number of hydrogen-bond acceptors (Lipinski definition) is 3. The molecule has 1 aromatic rings. The molecule has 0 aromatic heterocycles. The zero-order valence-electron chi connectivity index (χ0n) is 17.4. The lowest BCUT2D eigenvalue weighted by molar-refractivity contribution is -0.106. The second-order valence-electron chi connectivity index (χ2n) is 8.79. The molecule has 27 heavy (non-hydrogen) atoms. The van der Waals surface area contributed by atoms with E-state index in [0.717, 1.165) is 44.3 Å². The molecule has 1 heterocycles. The summed E-state index contributed by atoms with van der Waals surface area (Å²) in [7, 11) is 1.84. The van der Waals surface area contributed by atoms with Crippen LogP contribution in [0.1, 0.15) is 39.7 Å². The summed E-state index contributed by atoms with van der Waals surface area (Å²) in [6.45, 7) is 11.4. The van der Waals surface area contributed by atoms with Gasteiger partial charge in [-0.25, -0.2) is 0 Å². The predicted molar refractivity (Wildman–Crippen MR) is 110 cm³/mol. The third-order valence-electron chi connectivity index (χ3n) is 5.83. The molecular formula is C22H35N3O2. The van der Waals surface area contributed by atoms with Crippen LogP contribution in [0, 0.1) is 17.3 Å². The Morgan fingerprint density at radius 3 is 2.70 bits per heavy atom. The number of guanidine groups is 1. The fourth-order valence-electron chi connectivity index (χ4n) is 4.30. The van der Waals surface area contributed by atoms with Gasteiger partial charge in [0.2, 0.25) is 0 Å². The van der Waals surface area contributed by atoms with Crippen LogP contribution in [0.15, 0.2) is 29.3 Å². The van der Waals surface area contributed by atoms with Crippen LogP contribution in [-0.2, 0) is 11.2 Å². The van der Waals surface area contributed by atoms with Crippen LogP contribution in [0.2, 0.25) is 0 Å². The molecule has 5 nitrogen and oxygen atoms in total. The normalized spacial score (nSPS) is 26.4. The van der Waals surface area contributed by atoms with Crippen molar-refractivity contribution in [3.05, 3.63) is 29.8 Å². The van der Waals surface area contributed by atoms with Crippen molar-refractivity contribution in [3.8, 4) is 5.75 Å². The third-order valence-corrected chi connectivity index (χ3v) is 5.83. The van der Waals surface area contributed by atoms with Crippen molar-refractivity contribution in [1.29, 1.82) is 0 Å². The summed E-state index contributed by atoms with van der Waals surface area (Å²) in [4.78, 5) is 4.41. The Labute approximate surface area is 163 Å². The summed E-state index contributed by atoms with van der Waals surface area (Å²) in [5.74, 6) is 2.98. The highest BCUT2D eigenvalue weighted by atomic mass is 16.5. The monoisotopic (exact) mass is 373 g/mol. The zero-order chi connectivity index (χ0) is 19.4. The van der Waals surface area contributed by atoms with Crippen molar-refractivity contribution in [2.24, 2.45) is 22.2 Å². The van der Waals surface area contributed by atoms with Gasteiger partial charge in [-0.2, -0.15) is 0 Å². The second kappa shape index (κ2) is 8.51. The summed E-state index contributed by atoms with van der Waals surface area (Å²) >= 11 is 0. The minimum absolute atomic E-state index is 0.157. The molecule has 3 unspecified atom stereocenters. The van der Waals surface area contributed by atoms with Gasteiger partial charge in [-0.05, 0) is 36.5 Å². The lowest BCUT2D eigenvalue weighted by Gasteiger charge is -2.54. The Balaban J connectivity index is 1.44. The van der Waals surface area contributed by atoms with Crippen molar-refractivity contribution >= 4 is 5.96 Å². The van der Waals surface area contributed by atoms with E-state index in [4.69, 9.17) is 9.47 Å². The first-order valence-electron chi connectivity index (χ1n) is 10.2. The van der Waals surface area contributed by atoms with E-state index in [1.54, 1.807) is 0 Å². The molecule has 1 aromatic carbocycles. The molecule has 2 aliphatic rings. The van der Waals surface area contributed by atoms with Crippen LogP contribution < -0.4 is 15.4 Å². The number of nitrogens with zero attached hydrogens (tertiary/aromatic N) is 1. The summed E-state index contributed by atoms with van der Waals surface area (Å²) in [5.41, 5.74) is 1.45. The van der Waals surface area contributed by atoms with Crippen LogP contribution in [0.5, 0.6) is 5.75 Å². The minimum atomic E-state index is 0.157. The van der Waals surface area contributed by atoms with Crippen LogP contribution >= 0.6 is 0 Å². The predicted octanol–water partition coefficient (Wildman–Crippen LogP) is 3.24. The van der Waals surface area contributed by atoms with Crippen molar-refractivity contribution in [3.63, 3.8) is 0 Å². The van der Waals surface area contributed by atoms with Gasteiger partial charge >= 0.3 is 0 Å². The van der Waals surface area contributed by atoms with E-state index in [0.29, 0.717) is 24.0 Å². The molecule has 0 spiro atoms. The Hall–Kier alpha value is -1.75. The Morgan fingerprint density at radius 2 is 2.04 bits per heavy atom. The standard InChI is InChI=1S/C22H35N3O2/c1-15(2)14-27-17-8-6-16(7-9-17)10-12-24-21(23-5)25-19-18-11-13-26-20(18)22(19,3)4/h6-9,15,18-20H,10-14H2,1-5H3,(H2,23,24,25). The van der Waals surface area contributed by atoms with E-state index in [9.17, 15) is 0 Å². The fraction of sp³-hybridized carbons (Fsp3) is 0.682. The van der Waals surface area contributed by atoms with Crippen molar-refractivity contribution in [2.45, 2.75) is 52.7 Å². The van der Waals surface area contributed by atoms with Crippen molar-refractivity contribution in [1.82, 2.24) is 10.6 Å². The molecule has 0 radical (unpaired) electrons. The van der Waals surface area contributed by atoms with Gasteiger partial charge in [0, 0.05) is 37.6 Å². The molecule has 0 amide bonds. The number of nitrogens with one attached hydrogen (secondary N) is 2. The van der Waals surface area contributed by atoms with Crippen LogP contribution in [-0.4, -0.2) is 44.9 Å². The summed E-state index contributed by atoms with van der Waals surface area (Å²) in [6.07, 6.45) is 2.49. The number of rotatable bonds is 7. The molecule has 0 bridgehead atoms. The lowest BCUT2D eigenvalue weighted by Crippen LogP contribution is -2.68. The maximum Gasteiger partial charge on any atom is 0.191 e. The van der Waals surface area contributed by atoms with E-state index >= 15 is 0 Å². The van der Waals surface area contributed by atoms with Gasteiger partial charge in [0.1, 0.15) is 5.75 Å². The number of hydrogen-bond donors (Lipinski definition) is 2. The molecule has 1 aliphatic carbocycles. The zero-order valence-corrected chi connectivity index (χ0v) is 17.4. The first-order valence-corrected chi connectivity index (χ1v) is 10.2. The van der Waals surface area contributed by atoms with Crippen LogP contribution in [0.3, 0.4) is 0 Å². The fourth-order valence-corrected chi connectivity index (χ4v) is 4.30. The van der Waals surface area contributed by atoms with E-state index in [1.165, 1.54) is 5.56 Å². The molecule has 5 heteroatoms. The SMILES string of the molecule is CN=C(NCCc1ccc(OCC(C)C)cc1)NC1C2CCOC2C1(C)C. The van der Waals surface area contributed by atoms with Gasteiger partial charge in [-0.3, -0.25) is 4.99 Å². The molecule has 1 saturated carbocycles. The molecule has 150 valence electrons. The van der Waals surface area contributed by atoms with E-state index in [-0.39, 0.29) is 5.41 Å². The Morgan fingerprint density at radius 1 is 1.30 bits per heavy atom. The smallest absolute Gasteiger partial charge is 0.191 e. The van der Waals surface area contributed by atoms with Crippen LogP contribution in [0.4, 0.5) is 0 Å². The Bertz CT molecular complexity index is 639. The van der Waals surface area contributed by atoms with Gasteiger partial charge in [0.05, 0.1) is 12.7 Å². The maximum absolute atomic E-state index is 5.88. The van der Waals surface area contributed by atoms with Gasteiger partial charge in [0.25, 0.3) is 0 Å². The quantitative estimate of drug-likeness (QED) is 0.569. The largest absolute Gasteiger partial charge is 0.493 e. The molecule has 3 rings (SSSR count). The Kier molecular flexibility index (Phi) is 6.30. The number of aliphatic imine (C=N–C) groups is 1. The van der Waals surface area contributed by atoms with Crippen molar-refractivity contribution < 1.29 is 9.47 Å².